The third kappa shape index (κ3) is 2.82. The second-order valence-electron chi connectivity index (χ2n) is 6.71. The molecule has 1 saturated heterocycles. The molecule has 1 aromatic rings. The SMILES string of the molecule is Cc1ccc2c(c1)C(=O)N(C(C)C(=O)NC1CCCNC1C)C2=O. The average Bonchev–Trinajstić information content (AvgIpc) is 2.79. The van der Waals surface area contributed by atoms with Crippen LogP contribution in [0.5, 0.6) is 0 Å². The highest BCUT2D eigenvalue weighted by Crippen LogP contribution is 2.26. The van der Waals surface area contributed by atoms with E-state index >= 15 is 0 Å². The number of fused-ring (bicyclic) bond motifs is 1. The van der Waals surface area contributed by atoms with E-state index in [1.54, 1.807) is 25.1 Å². The number of piperidine rings is 1. The van der Waals surface area contributed by atoms with Gasteiger partial charge in [0.15, 0.2) is 0 Å². The van der Waals surface area contributed by atoms with Crippen molar-refractivity contribution in [3.05, 3.63) is 34.9 Å². The Hall–Kier alpha value is -2.21. The number of carbonyl (C=O) groups excluding carboxylic acids is 3. The molecule has 3 unspecified atom stereocenters. The first kappa shape index (κ1) is 16.6. The maximum atomic E-state index is 12.6. The van der Waals surface area contributed by atoms with Crippen LogP contribution in [0.15, 0.2) is 18.2 Å². The minimum absolute atomic E-state index is 0.0196. The van der Waals surface area contributed by atoms with Crippen molar-refractivity contribution in [2.75, 3.05) is 6.54 Å². The molecule has 2 aliphatic heterocycles. The highest BCUT2D eigenvalue weighted by Gasteiger charge is 2.41. The number of nitrogens with one attached hydrogen (secondary N) is 2. The van der Waals surface area contributed by atoms with Crippen LogP contribution in [-0.2, 0) is 4.79 Å². The van der Waals surface area contributed by atoms with Gasteiger partial charge in [-0.05, 0) is 52.3 Å². The predicted molar refractivity (Wildman–Crippen MR) is 89.8 cm³/mol. The molecule has 3 amide bonds. The smallest absolute Gasteiger partial charge is 0.262 e. The van der Waals surface area contributed by atoms with E-state index in [1.165, 1.54) is 0 Å². The largest absolute Gasteiger partial charge is 0.350 e. The van der Waals surface area contributed by atoms with Crippen LogP contribution in [0.25, 0.3) is 0 Å². The molecule has 0 spiro atoms. The molecule has 0 radical (unpaired) electrons. The monoisotopic (exact) mass is 329 g/mol. The molecule has 3 rings (SSSR count). The Balaban J connectivity index is 1.75. The summed E-state index contributed by atoms with van der Waals surface area (Å²) in [5, 5.41) is 6.30. The molecule has 0 bridgehead atoms. The van der Waals surface area contributed by atoms with Gasteiger partial charge in [0.2, 0.25) is 5.91 Å². The van der Waals surface area contributed by atoms with E-state index in [-0.39, 0.29) is 18.0 Å². The molecule has 2 aliphatic rings. The lowest BCUT2D eigenvalue weighted by molar-refractivity contribution is -0.125. The number of amides is 3. The van der Waals surface area contributed by atoms with Gasteiger partial charge in [0.25, 0.3) is 11.8 Å². The van der Waals surface area contributed by atoms with Crippen molar-refractivity contribution in [3.8, 4) is 0 Å². The molecule has 1 aromatic carbocycles. The summed E-state index contributed by atoms with van der Waals surface area (Å²) < 4.78 is 0. The summed E-state index contributed by atoms with van der Waals surface area (Å²) in [6.45, 7) is 6.44. The summed E-state index contributed by atoms with van der Waals surface area (Å²) in [6, 6.07) is 4.53. The van der Waals surface area contributed by atoms with E-state index in [9.17, 15) is 14.4 Å². The van der Waals surface area contributed by atoms with E-state index in [4.69, 9.17) is 0 Å². The van der Waals surface area contributed by atoms with Gasteiger partial charge in [-0.3, -0.25) is 19.3 Å². The van der Waals surface area contributed by atoms with Gasteiger partial charge >= 0.3 is 0 Å². The number of nitrogens with zero attached hydrogens (tertiary/aromatic N) is 1. The van der Waals surface area contributed by atoms with Crippen molar-refractivity contribution in [2.45, 2.75) is 51.7 Å². The minimum Gasteiger partial charge on any atom is -0.350 e. The second-order valence-corrected chi connectivity index (χ2v) is 6.71. The fourth-order valence-corrected chi connectivity index (χ4v) is 3.39. The molecule has 24 heavy (non-hydrogen) atoms. The summed E-state index contributed by atoms with van der Waals surface area (Å²) in [4.78, 5) is 38.7. The lowest BCUT2D eigenvalue weighted by Gasteiger charge is -2.32. The highest BCUT2D eigenvalue weighted by molar-refractivity contribution is 6.22. The van der Waals surface area contributed by atoms with Crippen LogP contribution in [0, 0.1) is 6.92 Å². The number of rotatable bonds is 3. The Labute approximate surface area is 141 Å². The number of hydrogen-bond donors (Lipinski definition) is 2. The average molecular weight is 329 g/mol. The summed E-state index contributed by atoms with van der Waals surface area (Å²) in [5.41, 5.74) is 1.67. The molecule has 0 aromatic heterocycles. The number of hydrogen-bond acceptors (Lipinski definition) is 4. The molecule has 2 N–H and O–H groups in total. The van der Waals surface area contributed by atoms with Crippen molar-refractivity contribution in [3.63, 3.8) is 0 Å². The normalized spacial score (nSPS) is 24.7. The van der Waals surface area contributed by atoms with Crippen molar-refractivity contribution in [2.24, 2.45) is 0 Å². The van der Waals surface area contributed by atoms with Crippen LogP contribution in [0.2, 0.25) is 0 Å². The zero-order valence-corrected chi connectivity index (χ0v) is 14.3. The van der Waals surface area contributed by atoms with Gasteiger partial charge in [-0.1, -0.05) is 11.6 Å². The van der Waals surface area contributed by atoms with Gasteiger partial charge in [-0.25, -0.2) is 0 Å². The van der Waals surface area contributed by atoms with Gasteiger partial charge in [0.1, 0.15) is 6.04 Å². The number of imide groups is 1. The molecular formula is C18H23N3O3. The maximum Gasteiger partial charge on any atom is 0.262 e. The lowest BCUT2D eigenvalue weighted by atomic mass is 9.99. The first-order chi connectivity index (χ1) is 11.4. The van der Waals surface area contributed by atoms with Crippen molar-refractivity contribution < 1.29 is 14.4 Å². The van der Waals surface area contributed by atoms with Gasteiger partial charge in [0, 0.05) is 12.1 Å². The van der Waals surface area contributed by atoms with Gasteiger partial charge < -0.3 is 10.6 Å². The molecule has 3 atom stereocenters. The standard InChI is InChI=1S/C18H23N3O3/c1-10-6-7-13-14(9-10)18(24)21(17(13)23)12(3)16(22)20-15-5-4-8-19-11(15)2/h6-7,9,11-12,15,19H,4-5,8H2,1-3H3,(H,20,22). The van der Waals surface area contributed by atoms with E-state index < -0.39 is 17.9 Å². The molecule has 1 fully saturated rings. The summed E-state index contributed by atoms with van der Waals surface area (Å²) >= 11 is 0. The summed E-state index contributed by atoms with van der Waals surface area (Å²) in [7, 11) is 0. The van der Waals surface area contributed by atoms with E-state index in [0.717, 1.165) is 29.8 Å². The Bertz CT molecular complexity index is 701. The Kier molecular flexibility index (Phi) is 4.41. The summed E-state index contributed by atoms with van der Waals surface area (Å²) in [6.07, 6.45) is 1.89. The first-order valence-corrected chi connectivity index (χ1v) is 8.42. The second kappa shape index (κ2) is 6.36. The van der Waals surface area contributed by atoms with Crippen molar-refractivity contribution in [1.82, 2.24) is 15.5 Å². The van der Waals surface area contributed by atoms with Crippen LogP contribution in [0.3, 0.4) is 0 Å². The van der Waals surface area contributed by atoms with E-state index in [0.29, 0.717) is 11.1 Å². The fourth-order valence-electron chi connectivity index (χ4n) is 3.39. The van der Waals surface area contributed by atoms with Crippen LogP contribution in [0.1, 0.15) is 53.0 Å². The zero-order chi connectivity index (χ0) is 17.4. The molecular weight excluding hydrogens is 306 g/mol. The number of carbonyl (C=O) groups is 3. The first-order valence-electron chi connectivity index (χ1n) is 8.42. The quantitative estimate of drug-likeness (QED) is 0.818. The molecule has 6 heteroatoms. The third-order valence-corrected chi connectivity index (χ3v) is 4.93. The van der Waals surface area contributed by atoms with Crippen LogP contribution in [-0.4, -0.2) is 47.3 Å². The third-order valence-electron chi connectivity index (χ3n) is 4.93. The Morgan fingerprint density at radius 3 is 2.71 bits per heavy atom. The topological polar surface area (TPSA) is 78.5 Å². The molecule has 0 saturated carbocycles. The predicted octanol–water partition coefficient (Wildman–Crippen LogP) is 1.24. The van der Waals surface area contributed by atoms with Crippen LogP contribution in [0.4, 0.5) is 0 Å². The summed E-state index contributed by atoms with van der Waals surface area (Å²) in [5.74, 6) is -1.08. The van der Waals surface area contributed by atoms with E-state index in [2.05, 4.69) is 10.6 Å². The van der Waals surface area contributed by atoms with Crippen molar-refractivity contribution >= 4 is 17.7 Å². The number of benzene rings is 1. The Morgan fingerprint density at radius 2 is 2.00 bits per heavy atom. The lowest BCUT2D eigenvalue weighted by Crippen LogP contribution is -2.56. The van der Waals surface area contributed by atoms with Gasteiger partial charge in [-0.15, -0.1) is 0 Å². The number of aryl methyl sites for hydroxylation is 1. The van der Waals surface area contributed by atoms with Crippen LogP contribution >= 0.6 is 0 Å². The fraction of sp³-hybridized carbons (Fsp3) is 0.500. The minimum atomic E-state index is -0.827. The Morgan fingerprint density at radius 1 is 1.29 bits per heavy atom. The van der Waals surface area contributed by atoms with Gasteiger partial charge in [-0.2, -0.15) is 0 Å². The molecule has 6 nitrogen and oxygen atoms in total. The van der Waals surface area contributed by atoms with Crippen LogP contribution < -0.4 is 10.6 Å². The zero-order valence-electron chi connectivity index (χ0n) is 14.3. The molecule has 128 valence electrons. The van der Waals surface area contributed by atoms with Crippen molar-refractivity contribution in [1.29, 1.82) is 0 Å². The van der Waals surface area contributed by atoms with Gasteiger partial charge in [0.05, 0.1) is 11.1 Å². The molecule has 2 heterocycles. The maximum absolute atomic E-state index is 12.6. The molecule has 0 aliphatic carbocycles. The highest BCUT2D eigenvalue weighted by atomic mass is 16.2. The van der Waals surface area contributed by atoms with E-state index in [1.807, 2.05) is 13.8 Å².